The van der Waals surface area contributed by atoms with Gasteiger partial charge < -0.3 is 10.6 Å². The van der Waals surface area contributed by atoms with Crippen LogP contribution in [0.3, 0.4) is 0 Å². The van der Waals surface area contributed by atoms with Crippen LogP contribution in [0.15, 0.2) is 53.5 Å². The Hall–Kier alpha value is -3.54. The third kappa shape index (κ3) is 3.16. The average molecular weight is 421 g/mol. The summed E-state index contributed by atoms with van der Waals surface area (Å²) in [6.45, 7) is 0. The number of hydrogen-bond acceptors (Lipinski definition) is 7. The number of anilines is 1. The zero-order chi connectivity index (χ0) is 20.8. The van der Waals surface area contributed by atoms with Crippen LogP contribution in [0.1, 0.15) is 5.56 Å². The molecule has 2 heterocycles. The monoisotopic (exact) mass is 421 g/mol. The van der Waals surface area contributed by atoms with Crippen LogP contribution in [-0.2, 0) is 4.79 Å². The van der Waals surface area contributed by atoms with E-state index in [9.17, 15) is 28.1 Å². The van der Waals surface area contributed by atoms with E-state index in [-0.39, 0.29) is 22.2 Å². The molecule has 1 unspecified atom stereocenters. The van der Waals surface area contributed by atoms with Gasteiger partial charge in [-0.05, 0) is 6.07 Å². The molecule has 8 nitrogen and oxygen atoms in total. The van der Waals surface area contributed by atoms with E-state index in [0.29, 0.717) is 10.3 Å². The number of nitro groups is 1. The summed E-state index contributed by atoms with van der Waals surface area (Å²) in [7, 11) is 0. The topological polar surface area (TPSA) is 110 Å². The first-order valence-corrected chi connectivity index (χ1v) is 8.88. The smallest absolute Gasteiger partial charge is 0.322 e. The van der Waals surface area contributed by atoms with Gasteiger partial charge in [0.2, 0.25) is 0 Å². The number of carbonyl (C=O) groups is 1. The van der Waals surface area contributed by atoms with E-state index >= 15 is 0 Å². The zero-order valence-electron chi connectivity index (χ0n) is 14.2. The number of hydrogen-bond donors (Lipinski definition) is 2. The van der Waals surface area contributed by atoms with Crippen molar-refractivity contribution >= 4 is 44.1 Å². The number of rotatable bonds is 4. The number of benzene rings is 2. The van der Waals surface area contributed by atoms with E-state index in [2.05, 4.69) is 20.6 Å². The molecule has 148 valence electrons. The third-order valence-corrected chi connectivity index (χ3v) is 5.10. The maximum absolute atomic E-state index is 13.9. The highest BCUT2D eigenvalue weighted by molar-refractivity contribution is 7.22. The van der Waals surface area contributed by atoms with E-state index in [1.54, 1.807) is 18.2 Å². The molecule has 1 aliphatic heterocycles. The van der Waals surface area contributed by atoms with Crippen LogP contribution in [0.4, 0.5) is 24.0 Å². The van der Waals surface area contributed by atoms with Crippen molar-refractivity contribution in [2.45, 2.75) is 11.8 Å². The number of aromatic nitrogens is 1. The number of non-ortho nitro benzene ring substituents is 1. The highest BCUT2D eigenvalue weighted by Crippen LogP contribution is 2.40. The fraction of sp³-hybridized carbons (Fsp3) is 0.118. The lowest BCUT2D eigenvalue weighted by Crippen LogP contribution is -2.57. The number of fused-ring (bicyclic) bond motifs is 1. The SMILES string of the molecule is O=C1NC(c2ccccc2)=NC1(Nc1nc2ccc([N+](=O)[O-])cc2s1)C(F)(F)F. The Kier molecular flexibility index (Phi) is 4.22. The summed E-state index contributed by atoms with van der Waals surface area (Å²) in [5.41, 5.74) is -2.92. The van der Waals surface area contributed by atoms with Crippen molar-refractivity contribution < 1.29 is 22.9 Å². The average Bonchev–Trinajstić information content (AvgIpc) is 3.22. The summed E-state index contributed by atoms with van der Waals surface area (Å²) in [5, 5.41) is 14.9. The molecule has 2 aromatic carbocycles. The number of alkyl halides is 3. The lowest BCUT2D eigenvalue weighted by molar-refractivity contribution is -0.384. The van der Waals surface area contributed by atoms with Gasteiger partial charge in [-0.1, -0.05) is 41.7 Å². The standard InChI is InChI=1S/C17H10F3N5O3S/c18-17(19,20)16(14(26)22-13(23-16)9-4-2-1-3-5-9)24-15-21-11-7-6-10(25(27)28)8-12(11)29-15/h1-8H,(H,21,24)(H,22,23,26). The number of nitrogens with one attached hydrogen (secondary N) is 2. The van der Waals surface area contributed by atoms with Crippen LogP contribution in [0.25, 0.3) is 10.2 Å². The maximum atomic E-state index is 13.9. The molecule has 1 amide bonds. The van der Waals surface area contributed by atoms with E-state index in [4.69, 9.17) is 0 Å². The summed E-state index contributed by atoms with van der Waals surface area (Å²) >= 11 is 0.753. The van der Waals surface area contributed by atoms with Crippen molar-refractivity contribution in [1.82, 2.24) is 10.3 Å². The van der Waals surface area contributed by atoms with Crippen molar-refractivity contribution in [2.75, 3.05) is 5.32 Å². The van der Waals surface area contributed by atoms with Crippen LogP contribution in [0, 0.1) is 10.1 Å². The van der Waals surface area contributed by atoms with Gasteiger partial charge in [0.15, 0.2) is 5.13 Å². The Bertz CT molecular complexity index is 1160. The van der Waals surface area contributed by atoms with Gasteiger partial charge >= 0.3 is 11.8 Å². The first-order chi connectivity index (χ1) is 13.7. The Morgan fingerprint density at radius 1 is 1.17 bits per heavy atom. The van der Waals surface area contributed by atoms with E-state index in [0.717, 1.165) is 11.3 Å². The normalized spacial score (nSPS) is 19.1. The minimum absolute atomic E-state index is 0.221. The summed E-state index contributed by atoms with van der Waals surface area (Å²) < 4.78 is 42.1. The van der Waals surface area contributed by atoms with Crippen LogP contribution >= 0.6 is 11.3 Å². The number of nitrogens with zero attached hydrogens (tertiary/aromatic N) is 3. The maximum Gasteiger partial charge on any atom is 0.442 e. The third-order valence-electron chi connectivity index (χ3n) is 4.17. The number of thiazole rings is 1. The first kappa shape index (κ1) is 18.8. The van der Waals surface area contributed by atoms with E-state index in [1.165, 1.54) is 30.3 Å². The second-order valence-corrected chi connectivity index (χ2v) is 7.07. The number of amides is 1. The number of amidine groups is 1. The molecule has 0 saturated carbocycles. The molecule has 4 rings (SSSR count). The first-order valence-electron chi connectivity index (χ1n) is 8.06. The highest BCUT2D eigenvalue weighted by Gasteiger charge is 2.64. The molecule has 29 heavy (non-hydrogen) atoms. The molecule has 0 radical (unpaired) electrons. The lowest BCUT2D eigenvalue weighted by atomic mass is 10.1. The van der Waals surface area contributed by atoms with Crippen LogP contribution in [0.5, 0.6) is 0 Å². The van der Waals surface area contributed by atoms with Crippen molar-refractivity contribution in [3.05, 3.63) is 64.2 Å². The van der Waals surface area contributed by atoms with Crippen molar-refractivity contribution in [2.24, 2.45) is 4.99 Å². The van der Waals surface area contributed by atoms with Crippen molar-refractivity contribution in [3.63, 3.8) is 0 Å². The van der Waals surface area contributed by atoms with Crippen molar-refractivity contribution in [3.8, 4) is 0 Å². The second kappa shape index (κ2) is 6.51. The molecule has 0 bridgehead atoms. The summed E-state index contributed by atoms with van der Waals surface area (Å²) in [5.74, 6) is -1.62. The van der Waals surface area contributed by atoms with Gasteiger partial charge in [0, 0.05) is 17.7 Å². The Morgan fingerprint density at radius 2 is 1.90 bits per heavy atom. The molecule has 3 aromatic rings. The molecule has 0 fully saturated rings. The van der Waals surface area contributed by atoms with E-state index < -0.39 is 22.7 Å². The molecule has 1 atom stereocenters. The molecule has 1 aliphatic rings. The minimum Gasteiger partial charge on any atom is -0.322 e. The van der Waals surface area contributed by atoms with E-state index in [1.807, 2.05) is 0 Å². The molecule has 12 heteroatoms. The lowest BCUT2D eigenvalue weighted by Gasteiger charge is -2.26. The van der Waals surface area contributed by atoms with Crippen LogP contribution < -0.4 is 10.6 Å². The highest BCUT2D eigenvalue weighted by atomic mass is 32.1. The predicted octanol–water partition coefficient (Wildman–Crippen LogP) is 3.45. The fourth-order valence-corrected chi connectivity index (χ4v) is 3.71. The number of carbonyl (C=O) groups excluding carboxylic acids is 1. The second-order valence-electron chi connectivity index (χ2n) is 6.04. The van der Waals surface area contributed by atoms with Gasteiger partial charge in [-0.25, -0.2) is 9.98 Å². The van der Waals surface area contributed by atoms with Gasteiger partial charge in [-0.3, -0.25) is 14.9 Å². The molecule has 1 aromatic heterocycles. The van der Waals surface area contributed by atoms with Crippen LogP contribution in [-0.4, -0.2) is 33.5 Å². The molecule has 0 aliphatic carbocycles. The van der Waals surface area contributed by atoms with Gasteiger partial charge in [0.1, 0.15) is 5.84 Å². The summed E-state index contributed by atoms with van der Waals surface area (Å²) in [6.07, 6.45) is -5.07. The van der Waals surface area contributed by atoms with Gasteiger partial charge in [0.05, 0.1) is 15.1 Å². The predicted molar refractivity (Wildman–Crippen MR) is 99.8 cm³/mol. The zero-order valence-corrected chi connectivity index (χ0v) is 15.0. The van der Waals surface area contributed by atoms with Crippen molar-refractivity contribution in [1.29, 1.82) is 0 Å². The number of aliphatic imine (C=N–C) groups is 1. The fourth-order valence-electron chi connectivity index (χ4n) is 2.76. The van der Waals surface area contributed by atoms with Gasteiger partial charge in [0.25, 0.3) is 11.6 Å². The molecule has 0 spiro atoms. The Labute approximate surface area is 164 Å². The Balaban J connectivity index is 1.77. The molecular weight excluding hydrogens is 411 g/mol. The Morgan fingerprint density at radius 3 is 2.55 bits per heavy atom. The number of halogens is 3. The van der Waals surface area contributed by atoms with Gasteiger partial charge in [-0.2, -0.15) is 13.2 Å². The van der Waals surface area contributed by atoms with Crippen LogP contribution in [0.2, 0.25) is 0 Å². The summed E-state index contributed by atoms with van der Waals surface area (Å²) in [6, 6.07) is 11.6. The molecule has 2 N–H and O–H groups in total. The largest absolute Gasteiger partial charge is 0.442 e. The molecule has 0 saturated heterocycles. The number of nitro benzene ring substituents is 1. The van der Waals surface area contributed by atoms with Gasteiger partial charge in [-0.15, -0.1) is 0 Å². The summed E-state index contributed by atoms with van der Waals surface area (Å²) in [4.78, 5) is 30.3. The molecular formula is C17H10F3N5O3S. The quantitative estimate of drug-likeness (QED) is 0.495. The minimum atomic E-state index is -5.07.